The van der Waals surface area contributed by atoms with Gasteiger partial charge in [0.15, 0.2) is 5.65 Å². The monoisotopic (exact) mass is 301 g/mol. The molecule has 2 aromatic heterocycles. The van der Waals surface area contributed by atoms with Crippen LogP contribution in [0.5, 0.6) is 0 Å². The first-order chi connectivity index (χ1) is 8.79. The normalized spacial score (nSPS) is 20.4. The quantitative estimate of drug-likeness (QED) is 0.788. The highest BCUT2D eigenvalue weighted by Gasteiger charge is 2.22. The van der Waals surface area contributed by atoms with Gasteiger partial charge in [-0.25, -0.2) is 9.97 Å². The molecule has 18 heavy (non-hydrogen) atoms. The van der Waals surface area contributed by atoms with Gasteiger partial charge in [-0.3, -0.25) is 0 Å². The Kier molecular flexibility index (Phi) is 3.68. The number of rotatable bonds is 2. The van der Waals surface area contributed by atoms with Crippen molar-refractivity contribution in [2.45, 2.75) is 24.8 Å². The Labute approximate surface area is 120 Å². The summed E-state index contributed by atoms with van der Waals surface area (Å²) in [6.45, 7) is 0. The lowest BCUT2D eigenvalue weighted by molar-refractivity contribution is 0.497. The van der Waals surface area contributed by atoms with E-state index in [1.807, 2.05) is 17.8 Å². The van der Waals surface area contributed by atoms with Gasteiger partial charge in [0, 0.05) is 18.0 Å². The summed E-state index contributed by atoms with van der Waals surface area (Å²) in [5.41, 5.74) is 1.75. The number of nitrogens with zero attached hydrogens (tertiary/aromatic N) is 3. The van der Waals surface area contributed by atoms with E-state index in [9.17, 15) is 0 Å². The van der Waals surface area contributed by atoms with E-state index in [4.69, 9.17) is 23.2 Å². The number of hydrogen-bond acceptors (Lipinski definition) is 3. The summed E-state index contributed by atoms with van der Waals surface area (Å²) in [4.78, 5) is 8.97. The molecule has 3 rings (SSSR count). The Morgan fingerprint density at radius 3 is 3.11 bits per heavy atom. The van der Waals surface area contributed by atoms with E-state index in [0.29, 0.717) is 16.9 Å². The number of thioether (sulfide) groups is 1. The minimum absolute atomic E-state index is 0.412. The molecular formula is C12H13Cl2N3S. The summed E-state index contributed by atoms with van der Waals surface area (Å²) in [6.07, 6.45) is 4.09. The first-order valence-corrected chi connectivity index (χ1v) is 8.02. The summed E-state index contributed by atoms with van der Waals surface area (Å²) in [7, 11) is 0. The smallest absolute Gasteiger partial charge is 0.160 e. The van der Waals surface area contributed by atoms with Gasteiger partial charge in [-0.2, -0.15) is 11.8 Å². The molecule has 1 fully saturated rings. The average Bonchev–Trinajstić information content (AvgIpc) is 2.77. The van der Waals surface area contributed by atoms with Crippen LogP contribution in [-0.2, 0) is 5.88 Å². The van der Waals surface area contributed by atoms with Crippen molar-refractivity contribution in [1.29, 1.82) is 0 Å². The van der Waals surface area contributed by atoms with Crippen LogP contribution in [0.25, 0.3) is 11.2 Å². The summed E-state index contributed by atoms with van der Waals surface area (Å²) < 4.78 is 2.20. The number of imidazole rings is 1. The molecule has 0 aromatic carbocycles. The van der Waals surface area contributed by atoms with Gasteiger partial charge in [0.2, 0.25) is 0 Å². The number of pyridine rings is 1. The SMILES string of the molecule is ClCc1nc2cc(Cl)cnc2n1C1CCCSC1. The van der Waals surface area contributed by atoms with Crippen molar-refractivity contribution >= 4 is 46.1 Å². The standard InChI is InChI=1S/C12H13Cl2N3S/c13-5-11-16-10-4-8(14)6-15-12(10)17(11)9-2-1-3-18-7-9/h4,6,9H,1-3,5,7H2. The van der Waals surface area contributed by atoms with Crippen molar-refractivity contribution in [2.75, 3.05) is 11.5 Å². The van der Waals surface area contributed by atoms with E-state index in [1.165, 1.54) is 18.6 Å². The maximum atomic E-state index is 6.01. The number of fused-ring (bicyclic) bond motifs is 1. The minimum atomic E-state index is 0.412. The van der Waals surface area contributed by atoms with Crippen LogP contribution in [0.15, 0.2) is 12.3 Å². The van der Waals surface area contributed by atoms with Crippen LogP contribution in [0.3, 0.4) is 0 Å². The molecule has 3 nitrogen and oxygen atoms in total. The van der Waals surface area contributed by atoms with Gasteiger partial charge in [0.1, 0.15) is 11.3 Å². The predicted molar refractivity (Wildman–Crippen MR) is 77.7 cm³/mol. The molecule has 0 N–H and O–H groups in total. The summed E-state index contributed by atoms with van der Waals surface area (Å²) in [6, 6.07) is 2.31. The molecule has 1 aliphatic rings. The Morgan fingerprint density at radius 1 is 1.50 bits per heavy atom. The highest BCUT2D eigenvalue weighted by atomic mass is 35.5. The van der Waals surface area contributed by atoms with Crippen molar-refractivity contribution in [3.8, 4) is 0 Å². The molecule has 0 amide bonds. The average molecular weight is 302 g/mol. The molecule has 0 radical (unpaired) electrons. The van der Waals surface area contributed by atoms with E-state index in [2.05, 4.69) is 14.5 Å². The van der Waals surface area contributed by atoms with Gasteiger partial charge in [-0.1, -0.05) is 11.6 Å². The van der Waals surface area contributed by atoms with Gasteiger partial charge in [0.25, 0.3) is 0 Å². The van der Waals surface area contributed by atoms with Crippen molar-refractivity contribution in [3.05, 3.63) is 23.1 Å². The third-order valence-corrected chi connectivity index (χ3v) is 4.83. The van der Waals surface area contributed by atoms with Crippen LogP contribution in [0.4, 0.5) is 0 Å². The highest BCUT2D eigenvalue weighted by Crippen LogP contribution is 2.31. The third kappa shape index (κ3) is 2.22. The van der Waals surface area contributed by atoms with Crippen LogP contribution in [0, 0.1) is 0 Å². The highest BCUT2D eigenvalue weighted by molar-refractivity contribution is 7.99. The number of halogens is 2. The van der Waals surface area contributed by atoms with E-state index in [1.54, 1.807) is 6.20 Å². The lowest BCUT2D eigenvalue weighted by Gasteiger charge is -2.24. The fraction of sp³-hybridized carbons (Fsp3) is 0.500. The number of alkyl halides is 1. The molecule has 1 unspecified atom stereocenters. The molecule has 3 heterocycles. The molecule has 0 saturated carbocycles. The molecule has 6 heteroatoms. The van der Waals surface area contributed by atoms with E-state index >= 15 is 0 Å². The van der Waals surface area contributed by atoms with Crippen LogP contribution < -0.4 is 0 Å². The van der Waals surface area contributed by atoms with Crippen LogP contribution in [-0.4, -0.2) is 26.0 Å². The molecule has 0 spiro atoms. The second-order valence-electron chi connectivity index (χ2n) is 4.40. The Balaban J connectivity index is 2.12. The van der Waals surface area contributed by atoms with Crippen molar-refractivity contribution in [1.82, 2.24) is 14.5 Å². The molecule has 2 aromatic rings. The Hall–Kier alpha value is -0.450. The van der Waals surface area contributed by atoms with Crippen LogP contribution in [0.1, 0.15) is 24.7 Å². The largest absolute Gasteiger partial charge is 0.308 e. The second-order valence-corrected chi connectivity index (χ2v) is 6.25. The van der Waals surface area contributed by atoms with Gasteiger partial charge in [-0.05, 0) is 24.7 Å². The third-order valence-electron chi connectivity index (χ3n) is 3.19. The topological polar surface area (TPSA) is 30.7 Å². The fourth-order valence-corrected chi connectivity index (χ4v) is 3.88. The zero-order valence-corrected chi connectivity index (χ0v) is 12.1. The zero-order valence-electron chi connectivity index (χ0n) is 9.77. The molecule has 0 bridgehead atoms. The molecule has 96 valence electrons. The maximum Gasteiger partial charge on any atom is 0.160 e. The Bertz CT molecular complexity index is 564. The zero-order chi connectivity index (χ0) is 12.5. The lowest BCUT2D eigenvalue weighted by atomic mass is 10.2. The molecule has 1 saturated heterocycles. The molecular weight excluding hydrogens is 289 g/mol. The Morgan fingerprint density at radius 2 is 2.39 bits per heavy atom. The van der Waals surface area contributed by atoms with E-state index in [0.717, 1.165) is 22.7 Å². The van der Waals surface area contributed by atoms with E-state index in [-0.39, 0.29) is 0 Å². The van der Waals surface area contributed by atoms with Crippen molar-refractivity contribution < 1.29 is 0 Å². The first kappa shape index (κ1) is 12.6. The van der Waals surface area contributed by atoms with Gasteiger partial charge in [0.05, 0.1) is 10.9 Å². The number of aromatic nitrogens is 3. The summed E-state index contributed by atoms with van der Waals surface area (Å²) in [5.74, 6) is 3.67. The molecule has 1 aliphatic heterocycles. The van der Waals surface area contributed by atoms with Gasteiger partial charge in [-0.15, -0.1) is 11.6 Å². The lowest BCUT2D eigenvalue weighted by Crippen LogP contribution is -2.18. The van der Waals surface area contributed by atoms with E-state index < -0.39 is 0 Å². The van der Waals surface area contributed by atoms with Crippen molar-refractivity contribution in [3.63, 3.8) is 0 Å². The van der Waals surface area contributed by atoms with Gasteiger partial charge < -0.3 is 4.57 Å². The summed E-state index contributed by atoms with van der Waals surface area (Å²) in [5, 5.41) is 0.617. The van der Waals surface area contributed by atoms with Gasteiger partial charge >= 0.3 is 0 Å². The van der Waals surface area contributed by atoms with Crippen LogP contribution >= 0.6 is 35.0 Å². The maximum absolute atomic E-state index is 6.01. The number of hydrogen-bond donors (Lipinski definition) is 0. The second kappa shape index (κ2) is 5.27. The first-order valence-electron chi connectivity index (χ1n) is 5.95. The molecule has 1 atom stereocenters. The predicted octanol–water partition coefficient (Wildman–Crippen LogP) is 3.89. The molecule has 0 aliphatic carbocycles. The van der Waals surface area contributed by atoms with Crippen molar-refractivity contribution in [2.24, 2.45) is 0 Å². The minimum Gasteiger partial charge on any atom is -0.308 e. The summed E-state index contributed by atoms with van der Waals surface area (Å²) >= 11 is 14.0. The fourth-order valence-electron chi connectivity index (χ4n) is 2.41. The van der Waals surface area contributed by atoms with Crippen LogP contribution in [0.2, 0.25) is 5.02 Å².